The standard InChI is InChI=1S/C17H17ClO4/c1-11-6-7-12(8-15(11)18)9-16(17(19)20)22-14-5-3-4-13(10-14)21-2/h3-8,10,16H,9H2,1-2H3,(H,19,20). The molecule has 22 heavy (non-hydrogen) atoms. The average Bonchev–Trinajstić information content (AvgIpc) is 2.50. The third-order valence-electron chi connectivity index (χ3n) is 3.25. The van der Waals surface area contributed by atoms with E-state index in [1.807, 2.05) is 19.1 Å². The second kappa shape index (κ2) is 7.18. The van der Waals surface area contributed by atoms with Crippen molar-refractivity contribution >= 4 is 17.6 Å². The van der Waals surface area contributed by atoms with Gasteiger partial charge in [0, 0.05) is 17.5 Å². The number of benzene rings is 2. The first-order valence-corrected chi connectivity index (χ1v) is 7.16. The summed E-state index contributed by atoms with van der Waals surface area (Å²) in [6, 6.07) is 12.3. The Balaban J connectivity index is 2.15. The summed E-state index contributed by atoms with van der Waals surface area (Å²) >= 11 is 6.07. The van der Waals surface area contributed by atoms with Gasteiger partial charge >= 0.3 is 5.97 Å². The Morgan fingerprint density at radius 1 is 1.23 bits per heavy atom. The number of aryl methyl sites for hydroxylation is 1. The molecule has 2 aromatic rings. The average molecular weight is 321 g/mol. The molecule has 5 heteroatoms. The van der Waals surface area contributed by atoms with E-state index >= 15 is 0 Å². The van der Waals surface area contributed by atoms with Crippen LogP contribution in [0.4, 0.5) is 0 Å². The smallest absolute Gasteiger partial charge is 0.345 e. The van der Waals surface area contributed by atoms with Gasteiger partial charge in [-0.3, -0.25) is 0 Å². The molecular weight excluding hydrogens is 304 g/mol. The molecule has 0 fully saturated rings. The minimum absolute atomic E-state index is 0.229. The zero-order valence-corrected chi connectivity index (χ0v) is 13.1. The van der Waals surface area contributed by atoms with Crippen LogP contribution in [0.3, 0.4) is 0 Å². The maximum atomic E-state index is 11.4. The second-order valence-corrected chi connectivity index (χ2v) is 5.32. The third kappa shape index (κ3) is 4.15. The molecule has 0 bridgehead atoms. The molecule has 1 unspecified atom stereocenters. The number of halogens is 1. The predicted molar refractivity (Wildman–Crippen MR) is 84.9 cm³/mol. The maximum absolute atomic E-state index is 11.4. The molecule has 0 spiro atoms. The number of carboxylic acid groups (broad SMARTS) is 1. The topological polar surface area (TPSA) is 55.8 Å². The van der Waals surface area contributed by atoms with E-state index in [0.29, 0.717) is 16.5 Å². The van der Waals surface area contributed by atoms with Crippen LogP contribution in [-0.2, 0) is 11.2 Å². The summed E-state index contributed by atoms with van der Waals surface area (Å²) in [5.41, 5.74) is 1.76. The molecule has 0 aromatic heterocycles. The van der Waals surface area contributed by atoms with Crippen molar-refractivity contribution in [2.75, 3.05) is 7.11 Å². The molecule has 116 valence electrons. The Hall–Kier alpha value is -2.20. The zero-order chi connectivity index (χ0) is 16.1. The molecule has 0 saturated heterocycles. The van der Waals surface area contributed by atoms with E-state index in [1.165, 1.54) is 0 Å². The van der Waals surface area contributed by atoms with E-state index in [4.69, 9.17) is 21.1 Å². The zero-order valence-electron chi connectivity index (χ0n) is 12.4. The first kappa shape index (κ1) is 16.2. The first-order chi connectivity index (χ1) is 10.5. The van der Waals surface area contributed by atoms with Crippen molar-refractivity contribution in [2.24, 2.45) is 0 Å². The summed E-state index contributed by atoms with van der Waals surface area (Å²) in [6.07, 6.45) is -0.766. The Bertz CT molecular complexity index is 669. The van der Waals surface area contributed by atoms with E-state index in [2.05, 4.69) is 0 Å². The summed E-state index contributed by atoms with van der Waals surface area (Å²) in [5, 5.41) is 9.97. The lowest BCUT2D eigenvalue weighted by atomic mass is 10.1. The number of aliphatic carboxylic acids is 1. The first-order valence-electron chi connectivity index (χ1n) is 6.78. The molecular formula is C17H17ClO4. The van der Waals surface area contributed by atoms with Gasteiger partial charge in [-0.05, 0) is 36.2 Å². The lowest BCUT2D eigenvalue weighted by molar-refractivity contribution is -0.145. The predicted octanol–water partition coefficient (Wildman–Crippen LogP) is 3.73. The van der Waals surface area contributed by atoms with Gasteiger partial charge in [-0.1, -0.05) is 29.8 Å². The van der Waals surface area contributed by atoms with Gasteiger partial charge in [0.2, 0.25) is 0 Å². The quantitative estimate of drug-likeness (QED) is 0.881. The van der Waals surface area contributed by atoms with Crippen molar-refractivity contribution in [3.63, 3.8) is 0 Å². The highest BCUT2D eigenvalue weighted by Gasteiger charge is 2.20. The monoisotopic (exact) mass is 320 g/mol. The Morgan fingerprint density at radius 2 is 1.95 bits per heavy atom. The molecule has 2 aromatic carbocycles. The van der Waals surface area contributed by atoms with E-state index < -0.39 is 12.1 Å². The van der Waals surface area contributed by atoms with Crippen molar-refractivity contribution in [1.29, 1.82) is 0 Å². The molecule has 0 aliphatic carbocycles. The Labute approximate surface area is 134 Å². The number of hydrogen-bond donors (Lipinski definition) is 1. The minimum atomic E-state index is -1.03. The van der Waals surface area contributed by atoms with Crippen LogP contribution >= 0.6 is 11.6 Å². The Kier molecular flexibility index (Phi) is 5.28. The van der Waals surface area contributed by atoms with Crippen molar-refractivity contribution < 1.29 is 19.4 Å². The summed E-state index contributed by atoms with van der Waals surface area (Å²) < 4.78 is 10.7. The van der Waals surface area contributed by atoms with Crippen LogP contribution in [0.2, 0.25) is 5.02 Å². The summed E-state index contributed by atoms with van der Waals surface area (Å²) in [4.78, 5) is 11.4. The summed E-state index contributed by atoms with van der Waals surface area (Å²) in [6.45, 7) is 1.90. The lowest BCUT2D eigenvalue weighted by Gasteiger charge is -2.16. The third-order valence-corrected chi connectivity index (χ3v) is 3.66. The van der Waals surface area contributed by atoms with Crippen molar-refractivity contribution in [3.8, 4) is 11.5 Å². The normalized spacial score (nSPS) is 11.8. The fourth-order valence-electron chi connectivity index (χ4n) is 2.00. The molecule has 0 aliphatic rings. The van der Waals surface area contributed by atoms with Crippen LogP contribution in [-0.4, -0.2) is 24.3 Å². The van der Waals surface area contributed by atoms with Gasteiger partial charge in [-0.25, -0.2) is 4.79 Å². The van der Waals surface area contributed by atoms with Crippen LogP contribution in [0.1, 0.15) is 11.1 Å². The molecule has 0 aliphatic heterocycles. The van der Waals surface area contributed by atoms with Gasteiger partial charge in [-0.15, -0.1) is 0 Å². The molecule has 0 amide bonds. The summed E-state index contributed by atoms with van der Waals surface area (Å²) in [5.74, 6) is 0.0319. The van der Waals surface area contributed by atoms with Crippen molar-refractivity contribution in [2.45, 2.75) is 19.4 Å². The molecule has 2 rings (SSSR count). The number of hydrogen-bond acceptors (Lipinski definition) is 3. The molecule has 0 heterocycles. The van der Waals surface area contributed by atoms with Crippen molar-refractivity contribution in [1.82, 2.24) is 0 Å². The Morgan fingerprint density at radius 3 is 2.59 bits per heavy atom. The number of methoxy groups -OCH3 is 1. The van der Waals surface area contributed by atoms with Crippen LogP contribution in [0.25, 0.3) is 0 Å². The van der Waals surface area contributed by atoms with Gasteiger partial charge in [0.15, 0.2) is 6.10 Å². The van der Waals surface area contributed by atoms with Crippen LogP contribution in [0.5, 0.6) is 11.5 Å². The molecule has 4 nitrogen and oxygen atoms in total. The highest BCUT2D eigenvalue weighted by molar-refractivity contribution is 6.31. The highest BCUT2D eigenvalue weighted by atomic mass is 35.5. The van der Waals surface area contributed by atoms with E-state index in [9.17, 15) is 9.90 Å². The number of carboxylic acids is 1. The van der Waals surface area contributed by atoms with E-state index in [-0.39, 0.29) is 6.42 Å². The van der Waals surface area contributed by atoms with E-state index in [1.54, 1.807) is 37.4 Å². The van der Waals surface area contributed by atoms with Crippen molar-refractivity contribution in [3.05, 3.63) is 58.6 Å². The van der Waals surface area contributed by atoms with Crippen LogP contribution in [0.15, 0.2) is 42.5 Å². The van der Waals surface area contributed by atoms with Crippen LogP contribution < -0.4 is 9.47 Å². The number of rotatable bonds is 6. The fraction of sp³-hybridized carbons (Fsp3) is 0.235. The number of ether oxygens (including phenoxy) is 2. The van der Waals surface area contributed by atoms with Gasteiger partial charge in [0.05, 0.1) is 7.11 Å². The summed E-state index contributed by atoms with van der Waals surface area (Å²) in [7, 11) is 1.54. The van der Waals surface area contributed by atoms with Crippen LogP contribution in [0, 0.1) is 6.92 Å². The lowest BCUT2D eigenvalue weighted by Crippen LogP contribution is -2.29. The SMILES string of the molecule is COc1cccc(OC(Cc2ccc(C)c(Cl)c2)C(=O)O)c1. The fourth-order valence-corrected chi connectivity index (χ4v) is 2.20. The maximum Gasteiger partial charge on any atom is 0.345 e. The van der Waals surface area contributed by atoms with E-state index in [0.717, 1.165) is 11.1 Å². The molecule has 0 radical (unpaired) electrons. The minimum Gasteiger partial charge on any atom is -0.497 e. The van der Waals surface area contributed by atoms with Gasteiger partial charge in [-0.2, -0.15) is 0 Å². The second-order valence-electron chi connectivity index (χ2n) is 4.91. The number of carbonyl (C=O) groups is 1. The highest BCUT2D eigenvalue weighted by Crippen LogP contribution is 2.22. The molecule has 1 N–H and O–H groups in total. The van der Waals surface area contributed by atoms with Gasteiger partial charge in [0.1, 0.15) is 11.5 Å². The largest absolute Gasteiger partial charge is 0.497 e. The molecule has 0 saturated carbocycles. The van der Waals surface area contributed by atoms with Gasteiger partial charge < -0.3 is 14.6 Å². The molecule has 1 atom stereocenters. The van der Waals surface area contributed by atoms with Gasteiger partial charge in [0.25, 0.3) is 0 Å².